The van der Waals surface area contributed by atoms with Crippen LogP contribution in [-0.2, 0) is 0 Å². The maximum Gasteiger partial charge on any atom is 0.157 e. The van der Waals surface area contributed by atoms with Crippen LogP contribution >= 0.6 is 47.6 Å². The molecular formula is C15H10Cl2N2S2. The fourth-order valence-corrected chi connectivity index (χ4v) is 2.70. The van der Waals surface area contributed by atoms with Crippen LogP contribution in [0.5, 0.6) is 0 Å². The number of halogens is 2. The van der Waals surface area contributed by atoms with Crippen LogP contribution in [-0.4, -0.2) is 4.17 Å². The third-order valence-electron chi connectivity index (χ3n) is 2.25. The summed E-state index contributed by atoms with van der Waals surface area (Å²) in [5, 5.41) is 17.1. The maximum atomic E-state index is 8.68. The van der Waals surface area contributed by atoms with Crippen LogP contribution in [0.2, 0.25) is 0 Å². The molecule has 106 valence electrons. The van der Waals surface area contributed by atoms with Gasteiger partial charge in [0.2, 0.25) is 0 Å². The third-order valence-corrected chi connectivity index (χ3v) is 3.96. The number of thiol groups is 1. The fraction of sp³-hybridized carbons (Fsp3) is 0.0667. The Morgan fingerprint density at radius 3 is 1.90 bits per heavy atom. The Morgan fingerprint density at radius 1 is 0.905 bits per heavy atom. The van der Waals surface area contributed by atoms with Crippen molar-refractivity contribution in [2.24, 2.45) is 0 Å². The average Bonchev–Trinajstić information content (AvgIpc) is 2.48. The normalized spacial score (nSPS) is 9.24. The second-order valence-corrected chi connectivity index (χ2v) is 6.86. The van der Waals surface area contributed by atoms with Crippen LogP contribution in [0.15, 0.2) is 58.3 Å². The van der Waals surface area contributed by atoms with Crippen LogP contribution in [0.3, 0.4) is 0 Å². The SMILES string of the molecule is N#Cc1ccccc1S.N#Cc1ccccc1SC(Cl)Cl. The van der Waals surface area contributed by atoms with Gasteiger partial charge in [0.15, 0.2) is 4.17 Å². The molecule has 21 heavy (non-hydrogen) atoms. The first-order valence-electron chi connectivity index (χ1n) is 5.70. The van der Waals surface area contributed by atoms with Crippen molar-refractivity contribution in [3.8, 4) is 12.1 Å². The van der Waals surface area contributed by atoms with Crippen molar-refractivity contribution in [1.82, 2.24) is 0 Å². The monoisotopic (exact) mass is 352 g/mol. The van der Waals surface area contributed by atoms with E-state index in [0.29, 0.717) is 11.1 Å². The summed E-state index contributed by atoms with van der Waals surface area (Å²) in [4.78, 5) is 1.55. The maximum absolute atomic E-state index is 8.68. The summed E-state index contributed by atoms with van der Waals surface area (Å²) in [5.74, 6) is 0. The fourth-order valence-electron chi connectivity index (χ4n) is 1.33. The van der Waals surface area contributed by atoms with Gasteiger partial charge in [-0.05, 0) is 24.3 Å². The molecule has 0 N–H and O–H groups in total. The second-order valence-electron chi connectivity index (χ2n) is 3.62. The predicted octanol–water partition coefficient (Wildman–Crippen LogP) is 5.26. The number of thioether (sulfide) groups is 1. The number of hydrogen-bond acceptors (Lipinski definition) is 4. The minimum atomic E-state index is -0.528. The summed E-state index contributed by atoms with van der Waals surface area (Å²) < 4.78 is -0.528. The quantitative estimate of drug-likeness (QED) is 0.455. The second kappa shape index (κ2) is 9.60. The Balaban J connectivity index is 0.000000219. The highest BCUT2D eigenvalue weighted by Gasteiger charge is 2.05. The zero-order valence-corrected chi connectivity index (χ0v) is 13.9. The first kappa shape index (κ1) is 17.8. The Kier molecular flexibility index (Phi) is 8.12. The van der Waals surface area contributed by atoms with Crippen molar-refractivity contribution < 1.29 is 0 Å². The van der Waals surface area contributed by atoms with E-state index in [1.165, 1.54) is 11.8 Å². The van der Waals surface area contributed by atoms with E-state index in [1.54, 1.807) is 24.3 Å². The highest BCUT2D eigenvalue weighted by Crippen LogP contribution is 2.30. The molecule has 0 bridgehead atoms. The van der Waals surface area contributed by atoms with Gasteiger partial charge in [0, 0.05) is 9.79 Å². The Labute approximate surface area is 143 Å². The molecule has 0 aliphatic heterocycles. The van der Waals surface area contributed by atoms with E-state index < -0.39 is 4.17 Å². The molecule has 0 unspecified atom stereocenters. The minimum absolute atomic E-state index is 0.528. The molecule has 0 saturated carbocycles. The topological polar surface area (TPSA) is 47.6 Å². The van der Waals surface area contributed by atoms with E-state index in [-0.39, 0.29) is 0 Å². The van der Waals surface area contributed by atoms with Gasteiger partial charge in [-0.2, -0.15) is 10.5 Å². The minimum Gasteiger partial charge on any atom is -0.192 e. The van der Waals surface area contributed by atoms with Gasteiger partial charge >= 0.3 is 0 Å². The molecule has 6 heteroatoms. The molecule has 0 heterocycles. The molecule has 0 atom stereocenters. The molecule has 0 aliphatic carbocycles. The summed E-state index contributed by atoms with van der Waals surface area (Å²) >= 11 is 16.4. The lowest BCUT2D eigenvalue weighted by Crippen LogP contribution is -1.83. The van der Waals surface area contributed by atoms with Crippen LogP contribution in [0.1, 0.15) is 11.1 Å². The van der Waals surface area contributed by atoms with Gasteiger partial charge in [-0.15, -0.1) is 12.6 Å². The van der Waals surface area contributed by atoms with Crippen molar-refractivity contribution in [3.05, 3.63) is 59.7 Å². The molecule has 0 aromatic heterocycles. The lowest BCUT2D eigenvalue weighted by atomic mass is 10.2. The van der Waals surface area contributed by atoms with Gasteiger partial charge < -0.3 is 0 Å². The molecule has 2 nitrogen and oxygen atoms in total. The van der Waals surface area contributed by atoms with Crippen molar-refractivity contribution in [2.45, 2.75) is 14.0 Å². The van der Waals surface area contributed by atoms with Gasteiger partial charge in [0.05, 0.1) is 11.1 Å². The van der Waals surface area contributed by atoms with Crippen molar-refractivity contribution in [3.63, 3.8) is 0 Å². The summed E-state index contributed by atoms with van der Waals surface area (Å²) in [6, 6.07) is 18.5. The molecule has 0 aliphatic rings. The van der Waals surface area contributed by atoms with Gasteiger partial charge in [-0.25, -0.2) is 0 Å². The number of nitriles is 2. The summed E-state index contributed by atoms with van der Waals surface area (Å²) in [7, 11) is 0. The molecule has 0 fully saturated rings. The summed E-state index contributed by atoms with van der Waals surface area (Å²) in [6.07, 6.45) is 0. The zero-order chi connectivity index (χ0) is 15.7. The van der Waals surface area contributed by atoms with Gasteiger partial charge in [0.25, 0.3) is 0 Å². The Hall–Kier alpha value is -1.30. The molecule has 0 spiro atoms. The lowest BCUT2D eigenvalue weighted by molar-refractivity contribution is 1.37. The summed E-state index contributed by atoms with van der Waals surface area (Å²) in [5.41, 5.74) is 1.23. The predicted molar refractivity (Wildman–Crippen MR) is 90.9 cm³/mol. The smallest absolute Gasteiger partial charge is 0.157 e. The molecule has 0 saturated heterocycles. The largest absolute Gasteiger partial charge is 0.192 e. The third kappa shape index (κ3) is 6.33. The van der Waals surface area contributed by atoms with E-state index >= 15 is 0 Å². The molecule has 0 amide bonds. The van der Waals surface area contributed by atoms with Crippen molar-refractivity contribution in [2.75, 3.05) is 0 Å². The van der Waals surface area contributed by atoms with E-state index in [1.807, 2.05) is 30.3 Å². The number of alkyl halides is 2. The summed E-state index contributed by atoms with van der Waals surface area (Å²) in [6.45, 7) is 0. The van der Waals surface area contributed by atoms with Crippen molar-refractivity contribution >= 4 is 47.6 Å². The number of nitrogens with zero attached hydrogens (tertiary/aromatic N) is 2. The van der Waals surface area contributed by atoms with Crippen molar-refractivity contribution in [1.29, 1.82) is 10.5 Å². The van der Waals surface area contributed by atoms with E-state index in [2.05, 4.69) is 18.7 Å². The molecular weight excluding hydrogens is 343 g/mol. The molecule has 2 rings (SSSR count). The van der Waals surface area contributed by atoms with Gasteiger partial charge in [-0.1, -0.05) is 59.2 Å². The lowest BCUT2D eigenvalue weighted by Gasteiger charge is -2.02. The molecule has 0 radical (unpaired) electrons. The van der Waals surface area contributed by atoms with Crippen LogP contribution in [0, 0.1) is 22.7 Å². The van der Waals surface area contributed by atoms with Gasteiger partial charge in [0.1, 0.15) is 12.1 Å². The molecule has 2 aromatic carbocycles. The number of hydrogen-bond donors (Lipinski definition) is 1. The highest BCUT2D eigenvalue weighted by molar-refractivity contribution is 8.02. The number of benzene rings is 2. The van der Waals surface area contributed by atoms with Crippen LogP contribution in [0.4, 0.5) is 0 Å². The Bertz CT molecular complexity index is 676. The first-order chi connectivity index (χ1) is 10.1. The Morgan fingerprint density at radius 2 is 1.43 bits per heavy atom. The standard InChI is InChI=1S/C8H5Cl2NS.C7H5NS/c9-8(10)12-7-4-2-1-3-6(7)5-11;8-5-6-3-1-2-4-7(6)9/h1-4,8H;1-4,9H. The van der Waals surface area contributed by atoms with E-state index in [0.717, 1.165) is 9.79 Å². The van der Waals surface area contributed by atoms with Crippen LogP contribution in [0.25, 0.3) is 0 Å². The number of rotatable bonds is 2. The highest BCUT2D eigenvalue weighted by atomic mass is 35.5. The van der Waals surface area contributed by atoms with E-state index in [4.69, 9.17) is 33.7 Å². The molecule has 2 aromatic rings. The van der Waals surface area contributed by atoms with Crippen LogP contribution < -0.4 is 0 Å². The zero-order valence-electron chi connectivity index (χ0n) is 10.7. The van der Waals surface area contributed by atoms with E-state index in [9.17, 15) is 0 Å². The van der Waals surface area contributed by atoms with Gasteiger partial charge in [-0.3, -0.25) is 0 Å². The first-order valence-corrected chi connectivity index (χ1v) is 7.90. The average molecular weight is 353 g/mol.